The van der Waals surface area contributed by atoms with Crippen LogP contribution in [0.15, 0.2) is 72.8 Å². The van der Waals surface area contributed by atoms with Crippen LogP contribution in [0.1, 0.15) is 39.2 Å². The first-order chi connectivity index (χ1) is 13.5. The predicted molar refractivity (Wildman–Crippen MR) is 103 cm³/mol. The number of amides is 2. The highest BCUT2D eigenvalue weighted by molar-refractivity contribution is 6.09. The second-order valence-electron chi connectivity index (χ2n) is 6.23. The minimum atomic E-state index is -0.978. The van der Waals surface area contributed by atoms with Crippen LogP contribution in [-0.4, -0.2) is 11.8 Å². The fraction of sp³-hybridized carbons (Fsp3) is 0.0909. The minimum absolute atomic E-state index is 0.265. The van der Waals surface area contributed by atoms with Crippen molar-refractivity contribution in [1.82, 2.24) is 5.32 Å². The number of hydrogen-bond acceptors (Lipinski definition) is 2. The number of benzene rings is 3. The second-order valence-corrected chi connectivity index (χ2v) is 6.23. The molecule has 0 aliphatic rings. The molecule has 0 radical (unpaired) electrons. The quantitative estimate of drug-likeness (QED) is 0.674. The SMILES string of the molecule is CC(NC(=O)c1ccccc1NC(=O)c1ccccc1)c1ccc(F)c(F)c1. The largest absolute Gasteiger partial charge is 0.345 e. The van der Waals surface area contributed by atoms with E-state index in [9.17, 15) is 18.4 Å². The van der Waals surface area contributed by atoms with Gasteiger partial charge in [-0.2, -0.15) is 0 Å². The number of para-hydroxylation sites is 1. The van der Waals surface area contributed by atoms with Crippen molar-refractivity contribution in [2.45, 2.75) is 13.0 Å². The molecule has 0 aliphatic carbocycles. The Balaban J connectivity index is 1.77. The monoisotopic (exact) mass is 380 g/mol. The molecular formula is C22H18F2N2O2. The molecule has 2 N–H and O–H groups in total. The summed E-state index contributed by atoms with van der Waals surface area (Å²) in [5, 5.41) is 5.46. The topological polar surface area (TPSA) is 58.2 Å². The molecule has 1 atom stereocenters. The zero-order valence-electron chi connectivity index (χ0n) is 15.1. The summed E-state index contributed by atoms with van der Waals surface area (Å²) in [6.45, 7) is 1.66. The van der Waals surface area contributed by atoms with Crippen LogP contribution in [0.2, 0.25) is 0 Å². The lowest BCUT2D eigenvalue weighted by atomic mass is 10.1. The summed E-state index contributed by atoms with van der Waals surface area (Å²) in [7, 11) is 0. The maximum atomic E-state index is 13.4. The summed E-state index contributed by atoms with van der Waals surface area (Å²) in [4.78, 5) is 25.1. The van der Waals surface area contributed by atoms with Crippen LogP contribution in [0.3, 0.4) is 0 Å². The molecule has 0 aromatic heterocycles. The van der Waals surface area contributed by atoms with E-state index >= 15 is 0 Å². The van der Waals surface area contributed by atoms with Gasteiger partial charge in [0.2, 0.25) is 0 Å². The molecular weight excluding hydrogens is 362 g/mol. The molecule has 0 fully saturated rings. The van der Waals surface area contributed by atoms with E-state index in [0.717, 1.165) is 12.1 Å². The summed E-state index contributed by atoms with van der Waals surface area (Å²) in [5.74, 6) is -2.71. The second kappa shape index (κ2) is 8.43. The van der Waals surface area contributed by atoms with Gasteiger partial charge in [-0.25, -0.2) is 8.78 Å². The van der Waals surface area contributed by atoms with E-state index in [1.165, 1.54) is 6.07 Å². The van der Waals surface area contributed by atoms with Gasteiger partial charge >= 0.3 is 0 Å². The summed E-state index contributed by atoms with van der Waals surface area (Å²) < 4.78 is 26.5. The number of nitrogens with one attached hydrogen (secondary N) is 2. The van der Waals surface area contributed by atoms with Gasteiger partial charge < -0.3 is 10.6 Å². The molecule has 1 unspecified atom stereocenters. The maximum absolute atomic E-state index is 13.4. The summed E-state index contributed by atoms with van der Waals surface area (Å²) in [6, 6.07) is 18.1. The van der Waals surface area contributed by atoms with E-state index in [1.54, 1.807) is 61.5 Å². The Kier molecular flexibility index (Phi) is 5.79. The van der Waals surface area contributed by atoms with Crippen molar-refractivity contribution in [2.24, 2.45) is 0 Å². The molecule has 0 aliphatic heterocycles. The molecule has 142 valence electrons. The van der Waals surface area contributed by atoms with Crippen molar-refractivity contribution < 1.29 is 18.4 Å². The summed E-state index contributed by atoms with van der Waals surface area (Å²) >= 11 is 0. The normalized spacial score (nSPS) is 11.5. The van der Waals surface area contributed by atoms with Crippen molar-refractivity contribution in [3.8, 4) is 0 Å². The van der Waals surface area contributed by atoms with Crippen LogP contribution in [0.25, 0.3) is 0 Å². The standard InChI is InChI=1S/C22H18F2N2O2/c1-14(16-11-12-18(23)19(24)13-16)25-22(28)17-9-5-6-10-20(17)26-21(27)15-7-3-2-4-8-15/h2-14H,1H3,(H,25,28)(H,26,27). The summed E-state index contributed by atoms with van der Waals surface area (Å²) in [6.07, 6.45) is 0. The minimum Gasteiger partial charge on any atom is -0.345 e. The van der Waals surface area contributed by atoms with Gasteiger partial charge in [-0.3, -0.25) is 9.59 Å². The van der Waals surface area contributed by atoms with E-state index < -0.39 is 23.6 Å². The van der Waals surface area contributed by atoms with Crippen molar-refractivity contribution in [2.75, 3.05) is 5.32 Å². The van der Waals surface area contributed by atoms with E-state index in [2.05, 4.69) is 10.6 Å². The smallest absolute Gasteiger partial charge is 0.255 e. The molecule has 3 aromatic rings. The fourth-order valence-electron chi connectivity index (χ4n) is 2.71. The van der Waals surface area contributed by atoms with Crippen LogP contribution in [0, 0.1) is 11.6 Å². The molecule has 28 heavy (non-hydrogen) atoms. The van der Waals surface area contributed by atoms with Crippen LogP contribution in [-0.2, 0) is 0 Å². The van der Waals surface area contributed by atoms with E-state index in [4.69, 9.17) is 0 Å². The molecule has 4 nitrogen and oxygen atoms in total. The Labute approximate surface area is 161 Å². The molecule has 0 bridgehead atoms. The summed E-state index contributed by atoms with van der Waals surface area (Å²) in [5.41, 5.74) is 1.51. The molecule has 2 amide bonds. The lowest BCUT2D eigenvalue weighted by molar-refractivity contribution is 0.0940. The predicted octanol–water partition coefficient (Wildman–Crippen LogP) is 4.71. The zero-order chi connectivity index (χ0) is 20.1. The number of carbonyl (C=O) groups is 2. The average Bonchev–Trinajstić information content (AvgIpc) is 2.71. The Morgan fingerprint density at radius 3 is 2.21 bits per heavy atom. The average molecular weight is 380 g/mol. The van der Waals surface area contributed by atoms with Crippen molar-refractivity contribution in [3.63, 3.8) is 0 Å². The molecule has 3 rings (SSSR count). The van der Waals surface area contributed by atoms with Crippen LogP contribution < -0.4 is 10.6 Å². The number of hydrogen-bond donors (Lipinski definition) is 2. The van der Waals surface area contributed by atoms with Gasteiger partial charge in [-0.1, -0.05) is 36.4 Å². The highest BCUT2D eigenvalue weighted by Crippen LogP contribution is 2.20. The van der Waals surface area contributed by atoms with Crippen LogP contribution in [0.4, 0.5) is 14.5 Å². The molecule has 0 spiro atoms. The Morgan fingerprint density at radius 1 is 0.821 bits per heavy atom. The van der Waals surface area contributed by atoms with Gasteiger partial charge in [0, 0.05) is 5.56 Å². The molecule has 0 heterocycles. The number of anilines is 1. The van der Waals surface area contributed by atoms with Gasteiger partial charge in [0.25, 0.3) is 11.8 Å². The number of rotatable bonds is 5. The van der Waals surface area contributed by atoms with Gasteiger partial charge in [0.1, 0.15) is 0 Å². The first-order valence-electron chi connectivity index (χ1n) is 8.67. The van der Waals surface area contributed by atoms with Crippen molar-refractivity contribution >= 4 is 17.5 Å². The third-order valence-corrected chi connectivity index (χ3v) is 4.25. The Bertz CT molecular complexity index is 1010. The van der Waals surface area contributed by atoms with Crippen molar-refractivity contribution in [3.05, 3.63) is 101 Å². The van der Waals surface area contributed by atoms with E-state index in [0.29, 0.717) is 16.8 Å². The Hall–Kier alpha value is -3.54. The highest BCUT2D eigenvalue weighted by atomic mass is 19.2. The zero-order valence-corrected chi connectivity index (χ0v) is 15.1. The van der Waals surface area contributed by atoms with Gasteiger partial charge in [0.15, 0.2) is 11.6 Å². The van der Waals surface area contributed by atoms with Gasteiger partial charge in [0.05, 0.1) is 17.3 Å². The molecule has 0 saturated carbocycles. The van der Waals surface area contributed by atoms with Crippen LogP contribution in [0.5, 0.6) is 0 Å². The number of carbonyl (C=O) groups excluding carboxylic acids is 2. The van der Waals surface area contributed by atoms with Gasteiger partial charge in [-0.15, -0.1) is 0 Å². The maximum Gasteiger partial charge on any atom is 0.255 e. The highest BCUT2D eigenvalue weighted by Gasteiger charge is 2.17. The molecule has 6 heteroatoms. The third kappa shape index (κ3) is 4.40. The lowest BCUT2D eigenvalue weighted by Crippen LogP contribution is -2.28. The molecule has 0 saturated heterocycles. The first kappa shape index (κ1) is 19.2. The van der Waals surface area contributed by atoms with Crippen molar-refractivity contribution in [1.29, 1.82) is 0 Å². The molecule has 3 aromatic carbocycles. The third-order valence-electron chi connectivity index (χ3n) is 4.25. The van der Waals surface area contributed by atoms with E-state index in [-0.39, 0.29) is 11.5 Å². The van der Waals surface area contributed by atoms with Crippen LogP contribution >= 0.6 is 0 Å². The fourth-order valence-corrected chi connectivity index (χ4v) is 2.71. The first-order valence-corrected chi connectivity index (χ1v) is 8.67. The van der Waals surface area contributed by atoms with Gasteiger partial charge in [-0.05, 0) is 48.9 Å². The Morgan fingerprint density at radius 2 is 1.50 bits per heavy atom. The number of halogens is 2. The lowest BCUT2D eigenvalue weighted by Gasteiger charge is -2.16. The van der Waals surface area contributed by atoms with E-state index in [1.807, 2.05) is 0 Å².